The van der Waals surface area contributed by atoms with E-state index in [9.17, 15) is 9.18 Å². The van der Waals surface area contributed by atoms with Gasteiger partial charge in [-0.15, -0.1) is 0 Å². The third kappa shape index (κ3) is 3.10. The highest BCUT2D eigenvalue weighted by Gasteiger charge is 2.11. The fourth-order valence-corrected chi connectivity index (χ4v) is 2.49. The van der Waals surface area contributed by atoms with Crippen molar-refractivity contribution in [3.8, 4) is 11.1 Å². The molecule has 1 heterocycles. The zero-order chi connectivity index (χ0) is 16.4. The molecule has 0 saturated heterocycles. The Labute approximate surface area is 133 Å². The molecule has 0 bridgehead atoms. The number of hydrogen-bond acceptors (Lipinski definition) is 2. The number of aliphatic hydroxyl groups is 1. The summed E-state index contributed by atoms with van der Waals surface area (Å²) >= 11 is 0. The smallest absolute Gasteiger partial charge is 0.251 e. The number of nitrogens with one attached hydrogen (secondary N) is 2. The van der Waals surface area contributed by atoms with Gasteiger partial charge in [-0.3, -0.25) is 4.79 Å². The van der Waals surface area contributed by atoms with Gasteiger partial charge in [0.2, 0.25) is 0 Å². The average Bonchev–Trinajstić information content (AvgIpc) is 2.97. The van der Waals surface area contributed by atoms with E-state index in [4.69, 9.17) is 5.11 Å². The fourth-order valence-electron chi connectivity index (χ4n) is 2.49. The quantitative estimate of drug-likeness (QED) is 0.693. The molecule has 4 nitrogen and oxygen atoms in total. The summed E-state index contributed by atoms with van der Waals surface area (Å²) in [7, 11) is 0. The lowest BCUT2D eigenvalue weighted by Gasteiger charge is -2.11. The molecule has 0 spiro atoms. The van der Waals surface area contributed by atoms with Gasteiger partial charge < -0.3 is 15.4 Å². The van der Waals surface area contributed by atoms with E-state index in [1.807, 2.05) is 18.3 Å². The van der Waals surface area contributed by atoms with Crippen molar-refractivity contribution in [3.05, 3.63) is 60.0 Å². The number of hydrogen-bond donors (Lipinski definition) is 3. The average molecular weight is 312 g/mol. The standard InChI is InChI=1S/C18H17FN2O2/c1-11(10-22)21-18(23)13-4-2-12(3-5-13)16-9-20-17-8-14(19)6-7-15(16)17/h2-9,11,20,22H,10H2,1H3,(H,21,23). The van der Waals surface area contributed by atoms with Crippen molar-refractivity contribution in [1.82, 2.24) is 10.3 Å². The highest BCUT2D eigenvalue weighted by molar-refractivity contribution is 5.97. The molecular weight excluding hydrogens is 295 g/mol. The molecule has 2 aromatic carbocycles. The summed E-state index contributed by atoms with van der Waals surface area (Å²) in [5.41, 5.74) is 3.16. The summed E-state index contributed by atoms with van der Waals surface area (Å²) in [4.78, 5) is 15.0. The number of carbonyl (C=O) groups is 1. The molecule has 1 unspecified atom stereocenters. The van der Waals surface area contributed by atoms with Gasteiger partial charge in [0.25, 0.3) is 5.91 Å². The summed E-state index contributed by atoms with van der Waals surface area (Å²) in [5, 5.41) is 12.6. The number of H-pyrrole nitrogens is 1. The highest BCUT2D eigenvalue weighted by atomic mass is 19.1. The predicted molar refractivity (Wildman–Crippen MR) is 87.7 cm³/mol. The van der Waals surface area contributed by atoms with Crippen LogP contribution < -0.4 is 5.32 Å². The number of aromatic nitrogens is 1. The van der Waals surface area contributed by atoms with Crippen LogP contribution in [0.15, 0.2) is 48.7 Å². The van der Waals surface area contributed by atoms with Gasteiger partial charge in [-0.25, -0.2) is 4.39 Å². The SMILES string of the molecule is CC(CO)NC(=O)c1ccc(-c2c[nH]c3cc(F)ccc23)cc1. The van der Waals surface area contributed by atoms with E-state index in [-0.39, 0.29) is 24.4 Å². The minimum Gasteiger partial charge on any atom is -0.394 e. The molecule has 118 valence electrons. The number of halogens is 1. The lowest BCUT2D eigenvalue weighted by molar-refractivity contribution is 0.0922. The summed E-state index contributed by atoms with van der Waals surface area (Å²) in [6.07, 6.45) is 1.83. The van der Waals surface area contributed by atoms with E-state index in [0.717, 1.165) is 22.0 Å². The lowest BCUT2D eigenvalue weighted by atomic mass is 10.0. The van der Waals surface area contributed by atoms with Crippen LogP contribution in [0.25, 0.3) is 22.0 Å². The number of fused-ring (bicyclic) bond motifs is 1. The van der Waals surface area contributed by atoms with E-state index < -0.39 is 0 Å². The second-order valence-electron chi connectivity index (χ2n) is 5.53. The summed E-state index contributed by atoms with van der Waals surface area (Å²) in [6, 6.07) is 11.5. The molecule has 0 aliphatic carbocycles. The lowest BCUT2D eigenvalue weighted by Crippen LogP contribution is -2.34. The largest absolute Gasteiger partial charge is 0.394 e. The zero-order valence-electron chi connectivity index (χ0n) is 12.6. The molecule has 0 saturated carbocycles. The van der Waals surface area contributed by atoms with Gasteiger partial charge in [0.1, 0.15) is 5.82 Å². The molecule has 0 aliphatic rings. The summed E-state index contributed by atoms with van der Waals surface area (Å²) in [5.74, 6) is -0.505. The maximum Gasteiger partial charge on any atom is 0.251 e. The first kappa shape index (κ1) is 15.2. The molecule has 3 N–H and O–H groups in total. The van der Waals surface area contributed by atoms with E-state index in [1.165, 1.54) is 12.1 Å². The topological polar surface area (TPSA) is 65.1 Å². The Balaban J connectivity index is 1.88. The first-order chi connectivity index (χ1) is 11.1. The Hall–Kier alpha value is -2.66. The van der Waals surface area contributed by atoms with Crippen molar-refractivity contribution in [3.63, 3.8) is 0 Å². The molecular formula is C18H17FN2O2. The minimum absolute atomic E-state index is 0.101. The van der Waals surface area contributed by atoms with Gasteiger partial charge in [-0.1, -0.05) is 12.1 Å². The molecule has 5 heteroatoms. The molecule has 0 radical (unpaired) electrons. The van der Waals surface area contributed by atoms with Crippen LogP contribution in [0.4, 0.5) is 4.39 Å². The number of aromatic amines is 1. The van der Waals surface area contributed by atoms with Crippen LogP contribution >= 0.6 is 0 Å². The van der Waals surface area contributed by atoms with Crippen LogP contribution in [0.1, 0.15) is 17.3 Å². The van der Waals surface area contributed by atoms with Crippen molar-refractivity contribution in [2.75, 3.05) is 6.61 Å². The second kappa shape index (κ2) is 6.22. The van der Waals surface area contributed by atoms with Gasteiger partial charge >= 0.3 is 0 Å². The molecule has 0 fully saturated rings. The second-order valence-corrected chi connectivity index (χ2v) is 5.53. The highest BCUT2D eigenvalue weighted by Crippen LogP contribution is 2.29. The van der Waals surface area contributed by atoms with Crippen molar-refractivity contribution >= 4 is 16.8 Å². The van der Waals surface area contributed by atoms with Gasteiger partial charge in [0.15, 0.2) is 0 Å². The molecule has 1 amide bonds. The van der Waals surface area contributed by atoms with Crippen molar-refractivity contribution < 1.29 is 14.3 Å². The number of aliphatic hydroxyl groups excluding tert-OH is 1. The van der Waals surface area contributed by atoms with E-state index in [2.05, 4.69) is 10.3 Å². The Morgan fingerprint density at radius 1 is 1.26 bits per heavy atom. The van der Waals surface area contributed by atoms with Crippen molar-refractivity contribution in [2.24, 2.45) is 0 Å². The van der Waals surface area contributed by atoms with E-state index in [1.54, 1.807) is 25.1 Å². The van der Waals surface area contributed by atoms with Gasteiger partial charge in [-0.05, 0) is 42.8 Å². The van der Waals surface area contributed by atoms with E-state index in [0.29, 0.717) is 5.56 Å². The molecule has 3 rings (SSSR count). The third-order valence-electron chi connectivity index (χ3n) is 3.75. The monoisotopic (exact) mass is 312 g/mol. The van der Waals surface area contributed by atoms with Gasteiger partial charge in [0, 0.05) is 34.3 Å². The van der Waals surface area contributed by atoms with Crippen LogP contribution in [0.2, 0.25) is 0 Å². The van der Waals surface area contributed by atoms with Crippen LogP contribution in [-0.4, -0.2) is 28.6 Å². The first-order valence-electron chi connectivity index (χ1n) is 7.37. The summed E-state index contributed by atoms with van der Waals surface area (Å²) in [6.45, 7) is 1.63. The Kier molecular flexibility index (Phi) is 4.12. The zero-order valence-corrected chi connectivity index (χ0v) is 12.6. The number of rotatable bonds is 4. The first-order valence-corrected chi connectivity index (χ1v) is 7.37. The predicted octanol–water partition coefficient (Wildman–Crippen LogP) is 3.08. The molecule has 23 heavy (non-hydrogen) atoms. The Morgan fingerprint density at radius 3 is 2.70 bits per heavy atom. The normalized spacial score (nSPS) is 12.3. The minimum atomic E-state index is -0.286. The maximum atomic E-state index is 13.2. The Morgan fingerprint density at radius 2 is 2.00 bits per heavy atom. The number of amides is 1. The number of benzene rings is 2. The third-order valence-corrected chi connectivity index (χ3v) is 3.75. The maximum absolute atomic E-state index is 13.2. The van der Waals surface area contributed by atoms with Crippen LogP contribution in [-0.2, 0) is 0 Å². The Bertz CT molecular complexity index is 840. The van der Waals surface area contributed by atoms with Crippen LogP contribution in [0.3, 0.4) is 0 Å². The molecule has 1 aromatic heterocycles. The summed E-state index contributed by atoms with van der Waals surface area (Å²) < 4.78 is 13.2. The van der Waals surface area contributed by atoms with Crippen LogP contribution in [0.5, 0.6) is 0 Å². The van der Waals surface area contributed by atoms with Crippen molar-refractivity contribution in [1.29, 1.82) is 0 Å². The van der Waals surface area contributed by atoms with Gasteiger partial charge in [0.05, 0.1) is 6.61 Å². The number of carbonyl (C=O) groups excluding carboxylic acids is 1. The molecule has 0 aliphatic heterocycles. The molecule has 1 atom stereocenters. The van der Waals surface area contributed by atoms with Gasteiger partial charge in [-0.2, -0.15) is 0 Å². The molecule has 3 aromatic rings. The van der Waals surface area contributed by atoms with Crippen molar-refractivity contribution in [2.45, 2.75) is 13.0 Å². The van der Waals surface area contributed by atoms with Crippen LogP contribution in [0, 0.1) is 5.82 Å². The van der Waals surface area contributed by atoms with E-state index >= 15 is 0 Å². The fraction of sp³-hybridized carbons (Fsp3) is 0.167.